The van der Waals surface area contributed by atoms with E-state index in [9.17, 15) is 14.9 Å². The molecule has 1 aromatic rings. The van der Waals surface area contributed by atoms with E-state index >= 15 is 0 Å². The number of benzene rings is 1. The van der Waals surface area contributed by atoms with Crippen molar-refractivity contribution in [3.05, 3.63) is 55.1 Å². The summed E-state index contributed by atoms with van der Waals surface area (Å²) in [4.78, 5) is 26.5. The van der Waals surface area contributed by atoms with Gasteiger partial charge in [0.25, 0.3) is 5.91 Å². The third kappa shape index (κ3) is 4.16. The third-order valence-corrected chi connectivity index (χ3v) is 4.48. The highest BCUT2D eigenvalue weighted by Crippen LogP contribution is 2.38. The van der Waals surface area contributed by atoms with Gasteiger partial charge in [0.15, 0.2) is 0 Å². The maximum Gasteiger partial charge on any atom is 0.254 e. The fourth-order valence-electron chi connectivity index (χ4n) is 3.05. The first kappa shape index (κ1) is 18.5. The van der Waals surface area contributed by atoms with Crippen LogP contribution in [0.3, 0.4) is 0 Å². The molecule has 0 spiro atoms. The zero-order valence-electron chi connectivity index (χ0n) is 14.3. The minimum atomic E-state index is -0.917. The maximum absolute atomic E-state index is 12.5. The van der Waals surface area contributed by atoms with Gasteiger partial charge in [0.2, 0.25) is 5.91 Å². The number of nitrogens with one attached hydrogen (secondary N) is 1. The van der Waals surface area contributed by atoms with Crippen LogP contribution in [0.2, 0.25) is 0 Å². The highest BCUT2D eigenvalue weighted by molar-refractivity contribution is 5.98. The fraction of sp³-hybridized carbons (Fsp3) is 0.350. The van der Waals surface area contributed by atoms with Crippen LogP contribution in [0.4, 0.5) is 5.69 Å². The van der Waals surface area contributed by atoms with Gasteiger partial charge in [-0.1, -0.05) is 25.0 Å². The van der Waals surface area contributed by atoms with E-state index in [0.29, 0.717) is 37.2 Å². The van der Waals surface area contributed by atoms with Crippen molar-refractivity contribution in [3.63, 3.8) is 0 Å². The van der Waals surface area contributed by atoms with Crippen LogP contribution in [0, 0.1) is 16.7 Å². The van der Waals surface area contributed by atoms with Crippen LogP contribution in [-0.4, -0.2) is 29.8 Å². The molecule has 1 N–H and O–H groups in total. The van der Waals surface area contributed by atoms with Crippen molar-refractivity contribution < 1.29 is 9.59 Å². The number of nitriles is 1. The minimum absolute atomic E-state index is 0.123. The lowest BCUT2D eigenvalue weighted by Gasteiger charge is -2.20. The Balaban J connectivity index is 2.08. The molecule has 25 heavy (non-hydrogen) atoms. The summed E-state index contributed by atoms with van der Waals surface area (Å²) in [5, 5.41) is 12.2. The Morgan fingerprint density at radius 2 is 1.72 bits per heavy atom. The smallest absolute Gasteiger partial charge is 0.254 e. The van der Waals surface area contributed by atoms with Crippen LogP contribution >= 0.6 is 0 Å². The topological polar surface area (TPSA) is 73.2 Å². The second-order valence-electron chi connectivity index (χ2n) is 6.22. The molecule has 0 unspecified atom stereocenters. The quantitative estimate of drug-likeness (QED) is 0.774. The van der Waals surface area contributed by atoms with Crippen molar-refractivity contribution in [2.24, 2.45) is 5.41 Å². The van der Waals surface area contributed by atoms with Crippen LogP contribution in [0.25, 0.3) is 0 Å². The van der Waals surface area contributed by atoms with E-state index in [1.807, 2.05) is 0 Å². The predicted molar refractivity (Wildman–Crippen MR) is 97.9 cm³/mol. The lowest BCUT2D eigenvalue weighted by molar-refractivity contribution is -0.122. The summed E-state index contributed by atoms with van der Waals surface area (Å²) in [6.45, 7) is 8.19. The summed E-state index contributed by atoms with van der Waals surface area (Å²) < 4.78 is 0. The number of carbonyl (C=O) groups is 2. The van der Waals surface area contributed by atoms with E-state index in [4.69, 9.17) is 0 Å². The Morgan fingerprint density at radius 1 is 1.16 bits per heavy atom. The molecular weight excluding hydrogens is 314 g/mol. The van der Waals surface area contributed by atoms with E-state index < -0.39 is 5.41 Å². The van der Waals surface area contributed by atoms with Gasteiger partial charge in [-0.2, -0.15) is 5.26 Å². The molecule has 1 aromatic carbocycles. The number of nitrogens with zero attached hydrogens (tertiary/aromatic N) is 2. The highest BCUT2D eigenvalue weighted by Gasteiger charge is 2.41. The molecule has 0 aromatic heterocycles. The van der Waals surface area contributed by atoms with Crippen molar-refractivity contribution >= 4 is 17.5 Å². The van der Waals surface area contributed by atoms with E-state index in [1.54, 1.807) is 41.3 Å². The Hall–Kier alpha value is -2.87. The normalized spacial score (nSPS) is 15.0. The zero-order chi connectivity index (χ0) is 18.3. The fourth-order valence-corrected chi connectivity index (χ4v) is 3.05. The summed E-state index contributed by atoms with van der Waals surface area (Å²) in [6, 6.07) is 8.89. The molecule has 2 amide bonds. The van der Waals surface area contributed by atoms with E-state index in [0.717, 1.165) is 12.8 Å². The Labute approximate surface area is 148 Å². The van der Waals surface area contributed by atoms with Gasteiger partial charge < -0.3 is 10.2 Å². The average molecular weight is 337 g/mol. The Bertz CT molecular complexity index is 685. The number of amides is 2. The van der Waals surface area contributed by atoms with Crippen LogP contribution in [0.15, 0.2) is 49.6 Å². The van der Waals surface area contributed by atoms with Crippen molar-refractivity contribution in [2.75, 3.05) is 18.4 Å². The second kappa shape index (κ2) is 8.29. The van der Waals surface area contributed by atoms with Crippen molar-refractivity contribution in [1.82, 2.24) is 4.90 Å². The Kier molecular flexibility index (Phi) is 6.13. The first-order chi connectivity index (χ1) is 12.1. The summed E-state index contributed by atoms with van der Waals surface area (Å²) in [5.74, 6) is -0.381. The predicted octanol–water partition coefficient (Wildman–Crippen LogP) is 3.52. The molecular formula is C20H23N3O2. The minimum Gasteiger partial charge on any atom is -0.331 e. The summed E-state index contributed by atoms with van der Waals surface area (Å²) in [5.41, 5.74) is 0.193. The molecule has 0 radical (unpaired) electrons. The monoisotopic (exact) mass is 337 g/mol. The summed E-state index contributed by atoms with van der Waals surface area (Å²) in [7, 11) is 0. The number of hydrogen-bond donors (Lipinski definition) is 1. The van der Waals surface area contributed by atoms with Crippen molar-refractivity contribution in [2.45, 2.75) is 25.7 Å². The van der Waals surface area contributed by atoms with Crippen LogP contribution in [0.5, 0.6) is 0 Å². The van der Waals surface area contributed by atoms with Crippen LogP contribution in [-0.2, 0) is 4.79 Å². The first-order valence-corrected chi connectivity index (χ1v) is 8.40. The molecule has 1 fully saturated rings. The largest absolute Gasteiger partial charge is 0.331 e. The first-order valence-electron chi connectivity index (χ1n) is 8.40. The Morgan fingerprint density at radius 3 is 2.20 bits per heavy atom. The molecule has 0 bridgehead atoms. The van der Waals surface area contributed by atoms with Gasteiger partial charge in [0.1, 0.15) is 5.41 Å². The molecule has 5 nitrogen and oxygen atoms in total. The van der Waals surface area contributed by atoms with E-state index in [-0.39, 0.29) is 11.8 Å². The second-order valence-corrected chi connectivity index (χ2v) is 6.22. The maximum atomic E-state index is 12.5. The van der Waals surface area contributed by atoms with Crippen molar-refractivity contribution in [1.29, 1.82) is 5.26 Å². The molecule has 0 heterocycles. The van der Waals surface area contributed by atoms with Gasteiger partial charge in [-0.05, 0) is 37.1 Å². The molecule has 1 aliphatic rings. The van der Waals surface area contributed by atoms with Gasteiger partial charge in [-0.3, -0.25) is 9.59 Å². The van der Waals surface area contributed by atoms with Gasteiger partial charge in [-0.25, -0.2) is 0 Å². The van der Waals surface area contributed by atoms with Gasteiger partial charge in [-0.15, -0.1) is 13.2 Å². The summed E-state index contributed by atoms with van der Waals surface area (Å²) in [6.07, 6.45) is 6.33. The molecule has 1 aliphatic carbocycles. The lowest BCUT2D eigenvalue weighted by atomic mass is 9.87. The van der Waals surface area contributed by atoms with Gasteiger partial charge in [0.05, 0.1) is 6.07 Å². The van der Waals surface area contributed by atoms with Crippen LogP contribution < -0.4 is 5.32 Å². The lowest BCUT2D eigenvalue weighted by Crippen LogP contribution is -2.32. The molecule has 1 saturated carbocycles. The number of rotatable bonds is 7. The zero-order valence-corrected chi connectivity index (χ0v) is 14.3. The highest BCUT2D eigenvalue weighted by atomic mass is 16.2. The third-order valence-electron chi connectivity index (χ3n) is 4.48. The number of carbonyl (C=O) groups excluding carboxylic acids is 2. The SMILES string of the molecule is C=CCN(CC=C)C(=O)c1ccc(NC(=O)C2(C#N)CCCC2)cc1. The number of anilines is 1. The molecule has 0 aliphatic heterocycles. The van der Waals surface area contributed by atoms with Crippen molar-refractivity contribution in [3.8, 4) is 6.07 Å². The molecule has 0 saturated heterocycles. The van der Waals surface area contributed by atoms with Crippen LogP contribution in [0.1, 0.15) is 36.0 Å². The molecule has 2 rings (SSSR count). The standard InChI is InChI=1S/C20H23N3O2/c1-3-13-23(14-4-2)18(24)16-7-9-17(10-8-16)22-19(25)20(15-21)11-5-6-12-20/h3-4,7-10H,1-2,5-6,11-14H2,(H,22,25). The molecule has 5 heteroatoms. The number of hydrogen-bond acceptors (Lipinski definition) is 3. The van der Waals surface area contributed by atoms with Gasteiger partial charge in [0, 0.05) is 24.3 Å². The average Bonchev–Trinajstić information content (AvgIpc) is 3.12. The van der Waals surface area contributed by atoms with E-state index in [2.05, 4.69) is 24.5 Å². The molecule has 130 valence electrons. The van der Waals surface area contributed by atoms with Gasteiger partial charge >= 0.3 is 0 Å². The van der Waals surface area contributed by atoms with E-state index in [1.165, 1.54) is 0 Å². The summed E-state index contributed by atoms with van der Waals surface area (Å²) >= 11 is 0. The molecule has 0 atom stereocenters.